The second-order valence-corrected chi connectivity index (χ2v) is 4.23. The lowest BCUT2D eigenvalue weighted by Crippen LogP contribution is -2.44. The van der Waals surface area contributed by atoms with Crippen molar-refractivity contribution in [2.75, 3.05) is 33.2 Å². The van der Waals surface area contributed by atoms with Crippen molar-refractivity contribution in [2.24, 2.45) is 5.92 Å². The fourth-order valence-corrected chi connectivity index (χ4v) is 1.63. The molecule has 16 heavy (non-hydrogen) atoms. The van der Waals surface area contributed by atoms with E-state index in [9.17, 15) is 9.59 Å². The lowest BCUT2D eigenvalue weighted by atomic mass is 9.98. The molecule has 2 amide bonds. The zero-order chi connectivity index (χ0) is 12.0. The largest absolute Gasteiger partial charge is 0.355 e. The summed E-state index contributed by atoms with van der Waals surface area (Å²) >= 11 is 0. The molecule has 1 atom stereocenters. The third-order valence-electron chi connectivity index (χ3n) is 2.97. The number of amides is 2. The minimum Gasteiger partial charge on any atom is -0.355 e. The summed E-state index contributed by atoms with van der Waals surface area (Å²) in [6, 6.07) is 0. The van der Waals surface area contributed by atoms with Gasteiger partial charge in [-0.1, -0.05) is 6.92 Å². The minimum absolute atomic E-state index is 0.0507. The van der Waals surface area contributed by atoms with E-state index in [1.54, 1.807) is 0 Å². The van der Waals surface area contributed by atoms with E-state index in [-0.39, 0.29) is 17.7 Å². The Balaban J connectivity index is 2.17. The van der Waals surface area contributed by atoms with E-state index in [0.29, 0.717) is 25.9 Å². The van der Waals surface area contributed by atoms with Gasteiger partial charge in [0.05, 0.1) is 5.92 Å². The van der Waals surface area contributed by atoms with Crippen molar-refractivity contribution in [3.63, 3.8) is 0 Å². The van der Waals surface area contributed by atoms with Gasteiger partial charge in [0, 0.05) is 26.1 Å². The standard InChI is InChI=1S/C11H21N3O2/c1-3-14(2)7-6-12-11(16)9-4-5-10(15)13-8-9/h9H,3-8H2,1-2H3,(H,12,16)(H,13,15). The highest BCUT2D eigenvalue weighted by atomic mass is 16.2. The molecule has 1 saturated heterocycles. The molecule has 2 N–H and O–H groups in total. The van der Waals surface area contributed by atoms with E-state index >= 15 is 0 Å². The van der Waals surface area contributed by atoms with Crippen LogP contribution in [0.15, 0.2) is 0 Å². The zero-order valence-corrected chi connectivity index (χ0v) is 10.1. The first-order valence-electron chi connectivity index (χ1n) is 5.86. The van der Waals surface area contributed by atoms with Crippen LogP contribution in [0.25, 0.3) is 0 Å². The van der Waals surface area contributed by atoms with Crippen molar-refractivity contribution in [3.05, 3.63) is 0 Å². The molecular formula is C11H21N3O2. The second kappa shape index (κ2) is 6.48. The number of likely N-dealkylation sites (N-methyl/N-ethyl adjacent to an activating group) is 1. The summed E-state index contributed by atoms with van der Waals surface area (Å²) in [5, 5.41) is 5.61. The van der Waals surface area contributed by atoms with E-state index in [1.165, 1.54) is 0 Å². The highest BCUT2D eigenvalue weighted by molar-refractivity contribution is 5.83. The van der Waals surface area contributed by atoms with E-state index in [1.807, 2.05) is 7.05 Å². The molecule has 0 bridgehead atoms. The molecule has 0 spiro atoms. The molecule has 1 rings (SSSR count). The van der Waals surface area contributed by atoms with Crippen LogP contribution in [0.3, 0.4) is 0 Å². The minimum atomic E-state index is -0.0513. The van der Waals surface area contributed by atoms with E-state index in [4.69, 9.17) is 0 Å². The van der Waals surface area contributed by atoms with Crippen molar-refractivity contribution in [1.82, 2.24) is 15.5 Å². The fraction of sp³-hybridized carbons (Fsp3) is 0.818. The Morgan fingerprint density at radius 3 is 2.94 bits per heavy atom. The van der Waals surface area contributed by atoms with Gasteiger partial charge in [0.15, 0.2) is 0 Å². The zero-order valence-electron chi connectivity index (χ0n) is 10.1. The molecule has 1 aliphatic rings. The molecule has 92 valence electrons. The van der Waals surface area contributed by atoms with Gasteiger partial charge in [-0.15, -0.1) is 0 Å². The number of carbonyl (C=O) groups excluding carboxylic acids is 2. The average Bonchev–Trinajstić information content (AvgIpc) is 2.29. The van der Waals surface area contributed by atoms with Crippen LogP contribution in [0, 0.1) is 5.92 Å². The summed E-state index contributed by atoms with van der Waals surface area (Å²) in [6.07, 6.45) is 1.13. The van der Waals surface area contributed by atoms with Crippen LogP contribution < -0.4 is 10.6 Å². The van der Waals surface area contributed by atoms with Crippen LogP contribution >= 0.6 is 0 Å². The summed E-state index contributed by atoms with van der Waals surface area (Å²) in [7, 11) is 2.02. The molecule has 0 aromatic carbocycles. The number of hydrogen-bond donors (Lipinski definition) is 2. The van der Waals surface area contributed by atoms with Gasteiger partial charge in [0.1, 0.15) is 0 Å². The fourth-order valence-electron chi connectivity index (χ4n) is 1.63. The topological polar surface area (TPSA) is 61.4 Å². The van der Waals surface area contributed by atoms with Crippen LogP contribution in [-0.2, 0) is 9.59 Å². The lowest BCUT2D eigenvalue weighted by Gasteiger charge is -2.22. The molecule has 0 aromatic heterocycles. The maximum atomic E-state index is 11.7. The number of hydrogen-bond acceptors (Lipinski definition) is 3. The van der Waals surface area contributed by atoms with Gasteiger partial charge in [-0.3, -0.25) is 9.59 Å². The molecular weight excluding hydrogens is 206 g/mol. The van der Waals surface area contributed by atoms with Crippen LogP contribution in [0.4, 0.5) is 0 Å². The summed E-state index contributed by atoms with van der Waals surface area (Å²) in [4.78, 5) is 24.8. The summed E-state index contributed by atoms with van der Waals surface area (Å²) < 4.78 is 0. The molecule has 1 aliphatic heterocycles. The molecule has 0 aromatic rings. The molecule has 5 nitrogen and oxygen atoms in total. The van der Waals surface area contributed by atoms with Gasteiger partial charge >= 0.3 is 0 Å². The highest BCUT2D eigenvalue weighted by Crippen LogP contribution is 2.10. The quantitative estimate of drug-likeness (QED) is 0.670. The van der Waals surface area contributed by atoms with Gasteiger partial charge in [-0.05, 0) is 20.0 Å². The average molecular weight is 227 g/mol. The molecule has 0 radical (unpaired) electrons. The van der Waals surface area contributed by atoms with E-state index in [0.717, 1.165) is 13.1 Å². The predicted molar refractivity (Wildman–Crippen MR) is 61.9 cm³/mol. The molecule has 1 heterocycles. The van der Waals surface area contributed by atoms with Gasteiger partial charge < -0.3 is 15.5 Å². The third kappa shape index (κ3) is 4.18. The SMILES string of the molecule is CCN(C)CCNC(=O)C1CCC(=O)NC1. The summed E-state index contributed by atoms with van der Waals surface area (Å²) in [5.74, 6) is 0.0592. The number of carbonyl (C=O) groups is 2. The van der Waals surface area contributed by atoms with Crippen LogP contribution in [0.1, 0.15) is 19.8 Å². The smallest absolute Gasteiger partial charge is 0.224 e. The molecule has 5 heteroatoms. The Hall–Kier alpha value is -1.10. The van der Waals surface area contributed by atoms with Crippen molar-refractivity contribution in [1.29, 1.82) is 0 Å². The lowest BCUT2D eigenvalue weighted by molar-refractivity contribution is -0.128. The summed E-state index contributed by atoms with van der Waals surface area (Å²) in [6.45, 7) is 5.08. The van der Waals surface area contributed by atoms with Crippen molar-refractivity contribution in [3.8, 4) is 0 Å². The highest BCUT2D eigenvalue weighted by Gasteiger charge is 2.23. The second-order valence-electron chi connectivity index (χ2n) is 4.23. The first-order chi connectivity index (χ1) is 7.63. The van der Waals surface area contributed by atoms with E-state index in [2.05, 4.69) is 22.5 Å². The Kier molecular flexibility index (Phi) is 5.25. The molecule has 1 unspecified atom stereocenters. The molecule has 0 saturated carbocycles. The maximum Gasteiger partial charge on any atom is 0.224 e. The van der Waals surface area contributed by atoms with Crippen LogP contribution in [0.5, 0.6) is 0 Å². The van der Waals surface area contributed by atoms with Crippen LogP contribution in [0.2, 0.25) is 0 Å². The first kappa shape index (κ1) is 13.0. The van der Waals surface area contributed by atoms with Crippen molar-refractivity contribution in [2.45, 2.75) is 19.8 Å². The van der Waals surface area contributed by atoms with Gasteiger partial charge in [-0.25, -0.2) is 0 Å². The third-order valence-corrected chi connectivity index (χ3v) is 2.97. The number of nitrogens with zero attached hydrogens (tertiary/aromatic N) is 1. The Bertz CT molecular complexity index is 246. The van der Waals surface area contributed by atoms with Crippen molar-refractivity contribution >= 4 is 11.8 Å². The Labute approximate surface area is 96.6 Å². The van der Waals surface area contributed by atoms with Gasteiger partial charge in [0.25, 0.3) is 0 Å². The first-order valence-corrected chi connectivity index (χ1v) is 5.86. The monoisotopic (exact) mass is 227 g/mol. The molecule has 0 aliphatic carbocycles. The number of nitrogens with one attached hydrogen (secondary N) is 2. The Morgan fingerprint density at radius 1 is 1.62 bits per heavy atom. The maximum absolute atomic E-state index is 11.7. The van der Waals surface area contributed by atoms with E-state index < -0.39 is 0 Å². The predicted octanol–water partition coefficient (Wildman–Crippen LogP) is -0.419. The van der Waals surface area contributed by atoms with Crippen LogP contribution in [-0.4, -0.2) is 49.9 Å². The summed E-state index contributed by atoms with van der Waals surface area (Å²) in [5.41, 5.74) is 0. The Morgan fingerprint density at radius 2 is 2.38 bits per heavy atom. The normalized spacial score (nSPS) is 20.7. The number of piperidine rings is 1. The van der Waals surface area contributed by atoms with Gasteiger partial charge in [0.2, 0.25) is 11.8 Å². The molecule has 1 fully saturated rings. The number of rotatable bonds is 5. The van der Waals surface area contributed by atoms with Crippen molar-refractivity contribution < 1.29 is 9.59 Å². The van der Waals surface area contributed by atoms with Gasteiger partial charge in [-0.2, -0.15) is 0 Å².